The number of hydrogen-bond acceptors (Lipinski definition) is 6. The Hall–Kier alpha value is -0.820. The summed E-state index contributed by atoms with van der Waals surface area (Å²) >= 11 is 0. The number of hydrogen-bond donors (Lipinski definition) is 2. The second kappa shape index (κ2) is 22.5. The van der Waals surface area contributed by atoms with Gasteiger partial charge >= 0.3 is 0 Å². The minimum atomic E-state index is 0.430. The zero-order chi connectivity index (χ0) is 21.6. The molecule has 2 fully saturated rings. The van der Waals surface area contributed by atoms with Crippen LogP contribution in [0.1, 0.15) is 67.2 Å². The molecule has 0 aromatic heterocycles. The van der Waals surface area contributed by atoms with Gasteiger partial charge in [0.15, 0.2) is 0 Å². The molecule has 2 heterocycles. The molecule has 0 aromatic rings. The van der Waals surface area contributed by atoms with Crippen molar-refractivity contribution in [3.05, 3.63) is 0 Å². The topological polar surface area (TPSA) is 64.7 Å². The smallest absolute Gasteiger partial charge is 0.135 e. The van der Waals surface area contributed by atoms with Gasteiger partial charge in [0.05, 0.1) is 0 Å². The van der Waals surface area contributed by atoms with Crippen molar-refractivity contribution in [2.24, 2.45) is 0 Å². The van der Waals surface area contributed by atoms with Crippen LogP contribution in [0.4, 0.5) is 0 Å². The van der Waals surface area contributed by atoms with E-state index in [1.165, 1.54) is 0 Å². The van der Waals surface area contributed by atoms with Crippen LogP contribution in [0.15, 0.2) is 0 Å². The second-order valence-electron chi connectivity index (χ2n) is 6.86. The third-order valence-electron chi connectivity index (χ3n) is 4.72. The standard InChI is InChI=1S/2C7H13NO.2C4H11N/c2*1-2-8-5-3-7(9)4-6-8;2*1-3-5-4-2/h2*2-6H2,1H3;2*5H,3-4H2,1-2H3. The summed E-state index contributed by atoms with van der Waals surface area (Å²) < 4.78 is 0. The molecule has 2 aliphatic rings. The normalized spacial score (nSPS) is 17.5. The van der Waals surface area contributed by atoms with Crippen molar-refractivity contribution < 1.29 is 9.59 Å². The summed E-state index contributed by atoms with van der Waals surface area (Å²) in [6.45, 7) is 23.2. The maximum absolute atomic E-state index is 10.7. The third kappa shape index (κ3) is 19.9. The predicted molar refractivity (Wildman–Crippen MR) is 121 cm³/mol. The van der Waals surface area contributed by atoms with E-state index < -0.39 is 0 Å². The molecular weight excluding hydrogens is 352 g/mol. The van der Waals surface area contributed by atoms with Gasteiger partial charge in [-0.15, -0.1) is 0 Å². The van der Waals surface area contributed by atoms with Crippen molar-refractivity contribution >= 4 is 11.6 Å². The molecular formula is C22H48N4O2. The Morgan fingerprint density at radius 2 is 0.821 bits per heavy atom. The highest BCUT2D eigenvalue weighted by Crippen LogP contribution is 2.04. The van der Waals surface area contributed by atoms with Gasteiger partial charge in [0.2, 0.25) is 0 Å². The minimum absolute atomic E-state index is 0.430. The lowest BCUT2D eigenvalue weighted by molar-refractivity contribution is -0.122. The molecule has 168 valence electrons. The Labute approximate surface area is 174 Å². The van der Waals surface area contributed by atoms with Crippen LogP contribution in [-0.2, 0) is 9.59 Å². The van der Waals surface area contributed by atoms with Gasteiger partial charge in [-0.3, -0.25) is 9.59 Å². The monoisotopic (exact) mass is 400 g/mol. The number of carbonyl (C=O) groups excluding carboxylic acids is 2. The molecule has 0 saturated carbocycles. The maximum Gasteiger partial charge on any atom is 0.135 e. The first kappa shape index (κ1) is 29.4. The zero-order valence-corrected chi connectivity index (χ0v) is 19.6. The molecule has 0 spiro atoms. The lowest BCUT2D eigenvalue weighted by atomic mass is 10.1. The number of likely N-dealkylation sites (tertiary alicyclic amines) is 2. The Bertz CT molecular complexity index is 306. The maximum atomic E-state index is 10.7. The number of carbonyl (C=O) groups is 2. The van der Waals surface area contributed by atoms with Crippen LogP contribution in [0, 0.1) is 0 Å². The fraction of sp³-hybridized carbons (Fsp3) is 0.909. The molecule has 6 nitrogen and oxygen atoms in total. The highest BCUT2D eigenvalue weighted by atomic mass is 16.1. The summed E-state index contributed by atoms with van der Waals surface area (Å²) in [5.74, 6) is 0.861. The van der Waals surface area contributed by atoms with E-state index in [-0.39, 0.29) is 0 Å². The number of nitrogens with zero attached hydrogens (tertiary/aromatic N) is 2. The SMILES string of the molecule is CCN1CCC(=O)CC1.CCN1CCC(=O)CC1.CCNCC.CCNCC. The number of Topliss-reactive ketones (excluding diaryl/α,β-unsaturated/α-hetero) is 2. The fourth-order valence-electron chi connectivity index (χ4n) is 2.74. The molecule has 0 aromatic carbocycles. The van der Waals surface area contributed by atoms with Crippen LogP contribution in [0.5, 0.6) is 0 Å². The summed E-state index contributed by atoms with van der Waals surface area (Å²) in [6.07, 6.45) is 3.09. The Morgan fingerprint density at radius 1 is 0.571 bits per heavy atom. The molecule has 2 rings (SSSR count). The van der Waals surface area contributed by atoms with Crippen molar-refractivity contribution in [3.8, 4) is 0 Å². The lowest BCUT2D eigenvalue weighted by Gasteiger charge is -2.23. The van der Waals surface area contributed by atoms with E-state index in [4.69, 9.17) is 0 Å². The predicted octanol–water partition coefficient (Wildman–Crippen LogP) is 2.57. The number of ketones is 2. The molecule has 0 radical (unpaired) electrons. The first-order valence-corrected chi connectivity index (χ1v) is 11.4. The Morgan fingerprint density at radius 3 is 0.964 bits per heavy atom. The van der Waals surface area contributed by atoms with Gasteiger partial charge in [-0.2, -0.15) is 0 Å². The van der Waals surface area contributed by atoms with Crippen LogP contribution in [0.2, 0.25) is 0 Å². The molecule has 0 unspecified atom stereocenters. The third-order valence-corrected chi connectivity index (χ3v) is 4.72. The van der Waals surface area contributed by atoms with Crippen molar-refractivity contribution in [3.63, 3.8) is 0 Å². The van der Waals surface area contributed by atoms with Gasteiger partial charge in [0, 0.05) is 51.9 Å². The summed E-state index contributed by atoms with van der Waals surface area (Å²) in [7, 11) is 0. The van der Waals surface area contributed by atoms with Gasteiger partial charge in [-0.05, 0) is 39.3 Å². The zero-order valence-electron chi connectivity index (χ0n) is 19.6. The van der Waals surface area contributed by atoms with Crippen molar-refractivity contribution in [2.75, 3.05) is 65.4 Å². The Balaban J connectivity index is 0. The molecule has 2 saturated heterocycles. The molecule has 0 amide bonds. The van der Waals surface area contributed by atoms with E-state index in [0.717, 1.165) is 91.1 Å². The summed E-state index contributed by atoms with van der Waals surface area (Å²) in [6, 6.07) is 0. The largest absolute Gasteiger partial charge is 0.317 e. The van der Waals surface area contributed by atoms with Crippen LogP contribution in [0.3, 0.4) is 0 Å². The van der Waals surface area contributed by atoms with E-state index in [1.807, 2.05) is 0 Å². The van der Waals surface area contributed by atoms with Crippen LogP contribution in [-0.4, -0.2) is 86.8 Å². The number of piperidine rings is 2. The molecule has 2 N–H and O–H groups in total. The highest BCUT2D eigenvalue weighted by molar-refractivity contribution is 5.79. The number of nitrogens with one attached hydrogen (secondary N) is 2. The van der Waals surface area contributed by atoms with E-state index in [0.29, 0.717) is 11.6 Å². The van der Waals surface area contributed by atoms with E-state index in [2.05, 4.69) is 62.0 Å². The molecule has 28 heavy (non-hydrogen) atoms. The lowest BCUT2D eigenvalue weighted by Crippen LogP contribution is -2.33. The average Bonchev–Trinajstić information content (AvgIpc) is 2.72. The average molecular weight is 401 g/mol. The summed E-state index contributed by atoms with van der Waals surface area (Å²) in [5.41, 5.74) is 0. The van der Waals surface area contributed by atoms with Crippen molar-refractivity contribution in [1.82, 2.24) is 20.4 Å². The quantitative estimate of drug-likeness (QED) is 0.714. The molecule has 0 bridgehead atoms. The van der Waals surface area contributed by atoms with Gasteiger partial charge in [-0.25, -0.2) is 0 Å². The molecule has 0 atom stereocenters. The van der Waals surface area contributed by atoms with Gasteiger partial charge in [0.25, 0.3) is 0 Å². The van der Waals surface area contributed by atoms with Gasteiger partial charge < -0.3 is 20.4 Å². The molecule has 0 aliphatic carbocycles. The van der Waals surface area contributed by atoms with Gasteiger partial charge in [0.1, 0.15) is 11.6 Å². The van der Waals surface area contributed by atoms with E-state index >= 15 is 0 Å². The Kier molecular flexibility index (Phi) is 23.6. The van der Waals surface area contributed by atoms with E-state index in [1.54, 1.807) is 0 Å². The first-order chi connectivity index (χ1) is 13.5. The minimum Gasteiger partial charge on any atom is -0.317 e. The molecule has 2 aliphatic heterocycles. The number of rotatable bonds is 6. The van der Waals surface area contributed by atoms with Gasteiger partial charge in [-0.1, -0.05) is 41.5 Å². The fourth-order valence-corrected chi connectivity index (χ4v) is 2.74. The van der Waals surface area contributed by atoms with Crippen LogP contribution < -0.4 is 10.6 Å². The van der Waals surface area contributed by atoms with Crippen molar-refractivity contribution in [1.29, 1.82) is 0 Å². The highest BCUT2D eigenvalue weighted by Gasteiger charge is 2.13. The van der Waals surface area contributed by atoms with Crippen LogP contribution >= 0.6 is 0 Å². The summed E-state index contributed by atoms with van der Waals surface area (Å²) in [4.78, 5) is 26.0. The second-order valence-corrected chi connectivity index (χ2v) is 6.86. The summed E-state index contributed by atoms with van der Waals surface area (Å²) in [5, 5.41) is 6.22. The first-order valence-electron chi connectivity index (χ1n) is 11.4. The molecule has 6 heteroatoms. The van der Waals surface area contributed by atoms with Crippen LogP contribution in [0.25, 0.3) is 0 Å². The van der Waals surface area contributed by atoms with Crippen molar-refractivity contribution in [2.45, 2.75) is 67.2 Å². The van der Waals surface area contributed by atoms with E-state index in [9.17, 15) is 9.59 Å².